The predicted molar refractivity (Wildman–Crippen MR) is 190 cm³/mol. The van der Waals surface area contributed by atoms with Gasteiger partial charge in [-0.05, 0) is 80.1 Å². The van der Waals surface area contributed by atoms with Crippen molar-refractivity contribution < 1.29 is 42.2 Å². The van der Waals surface area contributed by atoms with Crippen molar-refractivity contribution in [2.75, 3.05) is 27.4 Å². The van der Waals surface area contributed by atoms with E-state index in [1.54, 1.807) is 18.2 Å². The molecule has 1 aliphatic heterocycles. The Hall–Kier alpha value is -4.34. The number of aliphatic hydroxyl groups excluding tert-OH is 1. The number of sulfone groups is 1. The molecular formula is C38H48N2O9S. The number of esters is 1. The molecule has 2 aromatic rings. The van der Waals surface area contributed by atoms with Crippen LogP contribution < -0.4 is 4.74 Å². The van der Waals surface area contributed by atoms with Crippen molar-refractivity contribution in [1.82, 2.24) is 0 Å². The van der Waals surface area contributed by atoms with E-state index in [-0.39, 0.29) is 54.3 Å². The number of aliphatic hydroxyl groups is 1. The Labute approximate surface area is 295 Å². The van der Waals surface area contributed by atoms with E-state index in [1.165, 1.54) is 31.9 Å². The van der Waals surface area contributed by atoms with Crippen LogP contribution in [-0.2, 0) is 40.2 Å². The Bertz CT molecular complexity index is 1680. The number of carbonyl (C=O) groups excluding carboxylic acids is 1. The maximum Gasteiger partial charge on any atom is 0.305 e. The molecule has 0 bridgehead atoms. The van der Waals surface area contributed by atoms with Gasteiger partial charge in [0.05, 0.1) is 24.2 Å². The number of rotatable bonds is 16. The van der Waals surface area contributed by atoms with E-state index in [0.29, 0.717) is 38.0 Å². The van der Waals surface area contributed by atoms with E-state index in [4.69, 9.17) is 23.9 Å². The normalized spacial score (nSPS) is 19.8. The number of fused-ring (bicyclic) bond motifs is 3. The summed E-state index contributed by atoms with van der Waals surface area (Å²) in [5, 5.41) is 17.4. The number of hydrogen-bond acceptors (Lipinski definition) is 11. The molecule has 2 aliphatic rings. The van der Waals surface area contributed by atoms with Crippen LogP contribution in [0.3, 0.4) is 0 Å². The van der Waals surface area contributed by atoms with E-state index in [9.17, 15) is 18.3 Å². The molecule has 1 heterocycles. The molecule has 5 unspecified atom stereocenters. The fraction of sp³-hybridized carbons (Fsp3) is 0.500. The smallest absolute Gasteiger partial charge is 0.305 e. The highest BCUT2D eigenvalue weighted by atomic mass is 32.2. The van der Waals surface area contributed by atoms with Crippen LogP contribution in [0.1, 0.15) is 75.8 Å². The highest BCUT2D eigenvalue weighted by molar-refractivity contribution is 8.08. The molecule has 1 N–H and O–H groups in total. The lowest BCUT2D eigenvalue weighted by Crippen LogP contribution is -2.28. The zero-order chi connectivity index (χ0) is 35.9. The third-order valence-electron chi connectivity index (χ3n) is 8.85. The summed E-state index contributed by atoms with van der Waals surface area (Å²) in [6, 6.07) is 14.0. The Kier molecular flexibility index (Phi) is 14.7. The van der Waals surface area contributed by atoms with Gasteiger partial charge in [-0.3, -0.25) is 4.79 Å². The van der Waals surface area contributed by atoms with Gasteiger partial charge in [0.25, 0.3) is 10.9 Å². The summed E-state index contributed by atoms with van der Waals surface area (Å²) >= 11 is 0. The Balaban J connectivity index is 1.20. The van der Waals surface area contributed by atoms with Gasteiger partial charge in [-0.2, -0.15) is 0 Å². The molecule has 50 heavy (non-hydrogen) atoms. The third-order valence-corrected chi connectivity index (χ3v) is 10.5. The molecule has 5 atom stereocenters. The first-order valence-electron chi connectivity index (χ1n) is 17.1. The summed E-state index contributed by atoms with van der Waals surface area (Å²) in [7, 11) is -1.61. The molecule has 270 valence electrons. The molecule has 0 saturated heterocycles. The monoisotopic (exact) mass is 708 g/mol. The fourth-order valence-corrected chi connectivity index (χ4v) is 7.46. The van der Waals surface area contributed by atoms with Crippen LogP contribution in [0.2, 0.25) is 0 Å². The number of allylic oxidation sites excluding steroid dienone is 1. The minimum absolute atomic E-state index is 0.000341. The van der Waals surface area contributed by atoms with Gasteiger partial charge < -0.3 is 29.0 Å². The van der Waals surface area contributed by atoms with Gasteiger partial charge in [0.2, 0.25) is 9.84 Å². The van der Waals surface area contributed by atoms with Gasteiger partial charge in [0.1, 0.15) is 26.1 Å². The van der Waals surface area contributed by atoms with E-state index in [1.807, 2.05) is 19.9 Å². The Morgan fingerprint density at radius 1 is 1.02 bits per heavy atom. The molecule has 0 amide bonds. The van der Waals surface area contributed by atoms with Crippen molar-refractivity contribution in [2.45, 2.75) is 88.2 Å². The SMILES string of the molecule is CC#CCC(C)C(O)/C=C/C1CCC2Oc3c(CCCC(=O)OCCCCOC(=N/OC)/C(=N/OC)S(=O)(=O)c4ccccc4)cccc3C12. The molecule has 4 rings (SSSR count). The van der Waals surface area contributed by atoms with Crippen LogP contribution in [0.5, 0.6) is 5.75 Å². The molecule has 1 saturated carbocycles. The number of unbranched alkanes of at least 4 members (excludes halogenated alkanes) is 1. The van der Waals surface area contributed by atoms with Gasteiger partial charge >= 0.3 is 5.97 Å². The van der Waals surface area contributed by atoms with Crippen molar-refractivity contribution in [1.29, 1.82) is 0 Å². The van der Waals surface area contributed by atoms with Crippen LogP contribution >= 0.6 is 0 Å². The topological polar surface area (TPSA) is 142 Å². The molecule has 0 spiro atoms. The molecular weight excluding hydrogens is 660 g/mol. The van der Waals surface area contributed by atoms with Crippen molar-refractivity contribution in [3.05, 3.63) is 71.8 Å². The highest BCUT2D eigenvalue weighted by Gasteiger charge is 2.44. The number of para-hydroxylation sites is 1. The first-order chi connectivity index (χ1) is 24.2. The highest BCUT2D eigenvalue weighted by Crippen LogP contribution is 2.52. The number of nitrogens with zero attached hydrogens (tertiary/aromatic N) is 2. The molecule has 1 fully saturated rings. The second kappa shape index (κ2) is 19.2. The van der Waals surface area contributed by atoms with Crippen LogP contribution in [0, 0.1) is 23.7 Å². The molecule has 12 heteroatoms. The second-order valence-corrected chi connectivity index (χ2v) is 14.2. The van der Waals surface area contributed by atoms with Crippen LogP contribution in [-0.4, -0.2) is 70.1 Å². The summed E-state index contributed by atoms with van der Waals surface area (Å²) in [6.45, 7) is 4.10. The van der Waals surface area contributed by atoms with Crippen molar-refractivity contribution in [3.8, 4) is 17.6 Å². The zero-order valence-corrected chi connectivity index (χ0v) is 30.1. The summed E-state index contributed by atoms with van der Waals surface area (Å²) < 4.78 is 43.7. The number of hydrogen-bond donors (Lipinski definition) is 1. The number of benzene rings is 2. The number of aryl methyl sites for hydroxylation is 1. The minimum Gasteiger partial charge on any atom is -0.489 e. The van der Waals surface area contributed by atoms with Gasteiger partial charge in [-0.25, -0.2) is 8.42 Å². The van der Waals surface area contributed by atoms with Crippen LogP contribution in [0.25, 0.3) is 0 Å². The average molecular weight is 709 g/mol. The van der Waals surface area contributed by atoms with E-state index in [2.05, 4.69) is 46.4 Å². The average Bonchev–Trinajstić information content (AvgIpc) is 3.70. The van der Waals surface area contributed by atoms with Gasteiger partial charge in [0.15, 0.2) is 0 Å². The largest absolute Gasteiger partial charge is 0.489 e. The Morgan fingerprint density at radius 2 is 1.76 bits per heavy atom. The molecule has 0 radical (unpaired) electrons. The fourth-order valence-electron chi connectivity index (χ4n) is 6.22. The summed E-state index contributed by atoms with van der Waals surface area (Å²) in [6.07, 6.45) is 8.88. The summed E-state index contributed by atoms with van der Waals surface area (Å²) in [5.41, 5.74) is 2.30. The summed E-state index contributed by atoms with van der Waals surface area (Å²) in [4.78, 5) is 22.0. The van der Waals surface area contributed by atoms with Crippen molar-refractivity contribution >= 4 is 26.7 Å². The lowest BCUT2D eigenvalue weighted by Gasteiger charge is -2.17. The van der Waals surface area contributed by atoms with Crippen LogP contribution in [0.4, 0.5) is 0 Å². The number of ether oxygens (including phenoxy) is 3. The van der Waals surface area contributed by atoms with E-state index >= 15 is 0 Å². The molecule has 0 aromatic heterocycles. The van der Waals surface area contributed by atoms with E-state index < -0.39 is 21.0 Å². The van der Waals surface area contributed by atoms with E-state index in [0.717, 1.165) is 24.2 Å². The second-order valence-electron chi connectivity index (χ2n) is 12.3. The van der Waals surface area contributed by atoms with Crippen molar-refractivity contribution in [2.24, 2.45) is 22.1 Å². The third kappa shape index (κ3) is 10.1. The lowest BCUT2D eigenvalue weighted by molar-refractivity contribution is -0.143. The Morgan fingerprint density at radius 3 is 2.48 bits per heavy atom. The molecule has 1 aliphatic carbocycles. The van der Waals surface area contributed by atoms with Gasteiger partial charge in [-0.15, -0.1) is 11.8 Å². The lowest BCUT2D eigenvalue weighted by atomic mass is 9.86. The maximum atomic E-state index is 13.1. The number of carbonyl (C=O) groups is 1. The minimum atomic E-state index is -4.10. The first-order valence-corrected chi connectivity index (χ1v) is 18.5. The number of oxime groups is 2. The maximum absolute atomic E-state index is 13.1. The summed E-state index contributed by atoms with van der Waals surface area (Å²) in [5.74, 6) is 6.89. The van der Waals surface area contributed by atoms with Gasteiger partial charge in [-0.1, -0.05) is 60.6 Å². The quantitative estimate of drug-likeness (QED) is 0.0425. The zero-order valence-electron chi connectivity index (χ0n) is 29.2. The molecule has 2 aromatic carbocycles. The standard InChI is InChI=1S/C38H48N2O9S/c1-5-6-14-27(2)32(41)23-21-28-22-24-33-35(28)31-19-12-15-29(36(31)49-33)16-13-20-34(42)47-25-10-11-26-48-37(39-45-3)38(40-46-4)50(43,44)30-17-8-7-9-18-30/h7-9,12,15,17-19,21,23,27-28,32-33,35,41H,10-11,13-14,16,20,22,24-26H2,1-4H3/b23-21+,39-37+,40-38-. The van der Waals surface area contributed by atoms with Gasteiger partial charge in [0, 0.05) is 24.3 Å². The first kappa shape index (κ1) is 38.5. The molecule has 11 nitrogen and oxygen atoms in total. The van der Waals surface area contributed by atoms with Crippen LogP contribution in [0.15, 0.2) is 75.9 Å². The van der Waals surface area contributed by atoms with Crippen molar-refractivity contribution in [3.63, 3.8) is 0 Å². The predicted octanol–water partition coefficient (Wildman–Crippen LogP) is 5.96.